The van der Waals surface area contributed by atoms with Gasteiger partial charge in [-0.1, -0.05) is 6.58 Å². The Bertz CT molecular complexity index is 272. The summed E-state index contributed by atoms with van der Waals surface area (Å²) in [7, 11) is 0. The molecule has 1 atom stereocenters. The van der Waals surface area contributed by atoms with Gasteiger partial charge in [-0.15, -0.1) is 0 Å². The number of hydrogen-bond acceptors (Lipinski definition) is 3. The smallest absolute Gasteiger partial charge is 0.333 e. The summed E-state index contributed by atoms with van der Waals surface area (Å²) < 4.78 is 5.11. The Morgan fingerprint density at radius 2 is 2.31 bits per heavy atom. The van der Waals surface area contributed by atoms with Crippen LogP contribution >= 0.6 is 0 Å². The molecule has 0 aromatic heterocycles. The molecule has 1 fully saturated rings. The van der Waals surface area contributed by atoms with E-state index < -0.39 is 11.6 Å². The summed E-state index contributed by atoms with van der Waals surface area (Å²) in [6.07, 6.45) is 0.228. The number of carbonyl (C=O) groups excluding carboxylic acids is 2. The fraction of sp³-hybridized carbons (Fsp3) is 0.556. The molecule has 72 valence electrons. The lowest BCUT2D eigenvalue weighted by Gasteiger charge is -2.21. The summed E-state index contributed by atoms with van der Waals surface area (Å²) in [5, 5.41) is 2.61. The molecular formula is C9H13NO3. The van der Waals surface area contributed by atoms with Crippen LogP contribution in [0.3, 0.4) is 0 Å². The Hall–Kier alpha value is -1.32. The summed E-state index contributed by atoms with van der Waals surface area (Å²) in [5.74, 6) is -0.531. The Kier molecular flexibility index (Phi) is 2.40. The number of rotatable bonds is 2. The fourth-order valence-electron chi connectivity index (χ4n) is 1.13. The average molecular weight is 183 g/mol. The van der Waals surface area contributed by atoms with Crippen molar-refractivity contribution in [2.24, 2.45) is 0 Å². The quantitative estimate of drug-likeness (QED) is 0.497. The number of ether oxygens (including phenoxy) is 1. The minimum Gasteiger partial charge on any atom is -0.454 e. The molecule has 0 bridgehead atoms. The standard InChI is InChI=1S/C9H13NO3/c1-6(2)8(12)13-9(3)4-7(11)10-5-9/h1,4-5H2,2-3H3,(H,10,11). The molecule has 1 amide bonds. The van der Waals surface area contributed by atoms with Gasteiger partial charge in [-0.3, -0.25) is 4.79 Å². The molecular weight excluding hydrogens is 170 g/mol. The van der Waals surface area contributed by atoms with Gasteiger partial charge in [0.15, 0.2) is 0 Å². The van der Waals surface area contributed by atoms with Crippen LogP contribution in [-0.2, 0) is 14.3 Å². The first kappa shape index (κ1) is 9.77. The molecule has 4 nitrogen and oxygen atoms in total. The summed E-state index contributed by atoms with van der Waals surface area (Å²) in [4.78, 5) is 22.0. The molecule has 1 rings (SSSR count). The Morgan fingerprint density at radius 1 is 1.69 bits per heavy atom. The van der Waals surface area contributed by atoms with E-state index in [4.69, 9.17) is 4.74 Å². The maximum absolute atomic E-state index is 11.1. The van der Waals surface area contributed by atoms with Crippen LogP contribution in [0.5, 0.6) is 0 Å². The van der Waals surface area contributed by atoms with Gasteiger partial charge >= 0.3 is 5.97 Å². The monoisotopic (exact) mass is 183 g/mol. The molecule has 0 spiro atoms. The summed E-state index contributed by atoms with van der Waals surface area (Å²) in [6, 6.07) is 0. The number of amides is 1. The van der Waals surface area contributed by atoms with Crippen molar-refractivity contribution in [1.29, 1.82) is 0 Å². The largest absolute Gasteiger partial charge is 0.454 e. The molecule has 0 saturated carbocycles. The predicted octanol–water partition coefficient (Wildman–Crippen LogP) is 0.384. The molecule has 13 heavy (non-hydrogen) atoms. The van der Waals surface area contributed by atoms with E-state index in [1.54, 1.807) is 13.8 Å². The Morgan fingerprint density at radius 3 is 2.69 bits per heavy atom. The first-order valence-corrected chi connectivity index (χ1v) is 4.08. The van der Waals surface area contributed by atoms with Crippen molar-refractivity contribution < 1.29 is 14.3 Å². The van der Waals surface area contributed by atoms with Crippen molar-refractivity contribution >= 4 is 11.9 Å². The Labute approximate surface area is 76.9 Å². The number of esters is 1. The van der Waals surface area contributed by atoms with Crippen LogP contribution in [0.25, 0.3) is 0 Å². The predicted molar refractivity (Wildman–Crippen MR) is 46.9 cm³/mol. The van der Waals surface area contributed by atoms with Crippen LogP contribution in [0, 0.1) is 0 Å². The van der Waals surface area contributed by atoms with Crippen molar-refractivity contribution in [3.63, 3.8) is 0 Å². The van der Waals surface area contributed by atoms with Gasteiger partial charge in [0.2, 0.25) is 5.91 Å². The van der Waals surface area contributed by atoms with Crippen molar-refractivity contribution in [1.82, 2.24) is 5.32 Å². The van der Waals surface area contributed by atoms with Gasteiger partial charge in [0, 0.05) is 5.57 Å². The Balaban J connectivity index is 2.58. The molecule has 1 aliphatic rings. The third kappa shape index (κ3) is 2.31. The zero-order chi connectivity index (χ0) is 10.1. The molecule has 1 aliphatic heterocycles. The van der Waals surface area contributed by atoms with E-state index in [0.717, 1.165) is 0 Å². The van der Waals surface area contributed by atoms with E-state index in [2.05, 4.69) is 11.9 Å². The van der Waals surface area contributed by atoms with Gasteiger partial charge < -0.3 is 10.1 Å². The number of carbonyl (C=O) groups is 2. The highest BCUT2D eigenvalue weighted by molar-refractivity contribution is 5.88. The van der Waals surface area contributed by atoms with Gasteiger partial charge in [-0.05, 0) is 13.8 Å². The molecule has 1 unspecified atom stereocenters. The van der Waals surface area contributed by atoms with Crippen molar-refractivity contribution in [2.75, 3.05) is 6.54 Å². The first-order chi connectivity index (χ1) is 5.93. The fourth-order valence-corrected chi connectivity index (χ4v) is 1.13. The lowest BCUT2D eigenvalue weighted by Crippen LogP contribution is -2.34. The topological polar surface area (TPSA) is 55.4 Å². The lowest BCUT2D eigenvalue weighted by atomic mass is 10.1. The second-order valence-corrected chi connectivity index (χ2v) is 3.57. The number of hydrogen-bond donors (Lipinski definition) is 1. The van der Waals surface area contributed by atoms with Gasteiger partial charge in [-0.2, -0.15) is 0 Å². The van der Waals surface area contributed by atoms with E-state index in [9.17, 15) is 9.59 Å². The lowest BCUT2D eigenvalue weighted by molar-refractivity contribution is -0.151. The summed E-state index contributed by atoms with van der Waals surface area (Å²) in [6.45, 7) is 7.15. The average Bonchev–Trinajstić information content (AvgIpc) is 2.30. The minimum atomic E-state index is -0.701. The van der Waals surface area contributed by atoms with Crippen LogP contribution in [0.15, 0.2) is 12.2 Å². The van der Waals surface area contributed by atoms with Crippen molar-refractivity contribution in [3.8, 4) is 0 Å². The van der Waals surface area contributed by atoms with E-state index in [1.165, 1.54) is 0 Å². The molecule has 0 aromatic carbocycles. The van der Waals surface area contributed by atoms with E-state index in [1.807, 2.05) is 0 Å². The maximum Gasteiger partial charge on any atom is 0.333 e. The highest BCUT2D eigenvalue weighted by Crippen LogP contribution is 2.20. The molecule has 4 heteroatoms. The van der Waals surface area contributed by atoms with Crippen LogP contribution in [-0.4, -0.2) is 24.0 Å². The highest BCUT2D eigenvalue weighted by Gasteiger charge is 2.37. The second kappa shape index (κ2) is 3.20. The summed E-state index contributed by atoms with van der Waals surface area (Å²) in [5.41, 5.74) is -0.354. The molecule has 0 radical (unpaired) electrons. The zero-order valence-electron chi connectivity index (χ0n) is 7.85. The van der Waals surface area contributed by atoms with Crippen LogP contribution in [0.1, 0.15) is 20.3 Å². The molecule has 1 heterocycles. The van der Waals surface area contributed by atoms with Gasteiger partial charge in [0.1, 0.15) is 5.60 Å². The normalized spacial score (nSPS) is 26.8. The molecule has 1 N–H and O–H groups in total. The third-order valence-corrected chi connectivity index (χ3v) is 1.88. The van der Waals surface area contributed by atoms with Gasteiger partial charge in [0.05, 0.1) is 13.0 Å². The second-order valence-electron chi connectivity index (χ2n) is 3.57. The van der Waals surface area contributed by atoms with E-state index >= 15 is 0 Å². The SMILES string of the molecule is C=C(C)C(=O)OC1(C)CNC(=O)C1. The van der Waals surface area contributed by atoms with Crippen LogP contribution in [0.2, 0.25) is 0 Å². The van der Waals surface area contributed by atoms with Crippen molar-refractivity contribution in [2.45, 2.75) is 25.9 Å². The molecule has 0 aliphatic carbocycles. The zero-order valence-corrected chi connectivity index (χ0v) is 7.85. The van der Waals surface area contributed by atoms with E-state index in [0.29, 0.717) is 12.1 Å². The minimum absolute atomic E-state index is 0.0861. The first-order valence-electron chi connectivity index (χ1n) is 4.08. The van der Waals surface area contributed by atoms with E-state index in [-0.39, 0.29) is 12.3 Å². The van der Waals surface area contributed by atoms with Gasteiger partial charge in [-0.25, -0.2) is 4.79 Å². The number of nitrogens with one attached hydrogen (secondary N) is 1. The summed E-state index contributed by atoms with van der Waals surface area (Å²) >= 11 is 0. The van der Waals surface area contributed by atoms with Crippen LogP contribution in [0.4, 0.5) is 0 Å². The van der Waals surface area contributed by atoms with Crippen LogP contribution < -0.4 is 5.32 Å². The third-order valence-electron chi connectivity index (χ3n) is 1.88. The molecule has 1 saturated heterocycles. The molecule has 0 aromatic rings. The van der Waals surface area contributed by atoms with Crippen molar-refractivity contribution in [3.05, 3.63) is 12.2 Å². The van der Waals surface area contributed by atoms with Gasteiger partial charge in [0.25, 0.3) is 0 Å². The maximum atomic E-state index is 11.1. The highest BCUT2D eigenvalue weighted by atomic mass is 16.6.